The standard InChI is InChI=1S/C19H25BrN2O3S/c20-14-7-9-16(10-8-14)22-18-13-26(24,25)12-17(18)21(11-19(22)23)15-5-3-1-2-4-6-15/h7-10,15,17-18H,1-6,11-13H2/t17-,18+/m1/s1. The van der Waals surface area contributed by atoms with E-state index in [0.717, 1.165) is 23.0 Å². The Labute approximate surface area is 163 Å². The van der Waals surface area contributed by atoms with E-state index in [1.54, 1.807) is 4.90 Å². The van der Waals surface area contributed by atoms with E-state index in [-0.39, 0.29) is 29.5 Å². The smallest absolute Gasteiger partial charge is 0.241 e. The number of halogens is 1. The molecule has 1 aromatic carbocycles. The van der Waals surface area contributed by atoms with Gasteiger partial charge in [0.2, 0.25) is 5.91 Å². The number of rotatable bonds is 2. The average molecular weight is 441 g/mol. The van der Waals surface area contributed by atoms with Crippen LogP contribution in [0.2, 0.25) is 0 Å². The Bertz CT molecular complexity index is 772. The van der Waals surface area contributed by atoms with E-state index in [2.05, 4.69) is 20.8 Å². The zero-order valence-corrected chi connectivity index (χ0v) is 17.2. The minimum atomic E-state index is -3.13. The highest BCUT2D eigenvalue weighted by molar-refractivity contribution is 9.10. The van der Waals surface area contributed by atoms with Crippen LogP contribution in [0, 0.1) is 0 Å². The van der Waals surface area contributed by atoms with Crippen molar-refractivity contribution < 1.29 is 13.2 Å². The number of nitrogens with zero attached hydrogens (tertiary/aromatic N) is 2. The molecule has 2 aliphatic heterocycles. The van der Waals surface area contributed by atoms with Crippen molar-refractivity contribution in [3.8, 4) is 0 Å². The summed E-state index contributed by atoms with van der Waals surface area (Å²) in [6.45, 7) is 0.331. The first-order valence-electron chi connectivity index (χ1n) is 9.48. The fourth-order valence-electron chi connectivity index (χ4n) is 4.83. The molecular formula is C19H25BrN2O3S. The highest BCUT2D eigenvalue weighted by Gasteiger charge is 2.51. The van der Waals surface area contributed by atoms with E-state index in [9.17, 15) is 13.2 Å². The summed E-state index contributed by atoms with van der Waals surface area (Å²) in [5, 5.41) is 0. The van der Waals surface area contributed by atoms with Crippen LogP contribution in [0.1, 0.15) is 38.5 Å². The van der Waals surface area contributed by atoms with Gasteiger partial charge in [-0.2, -0.15) is 0 Å². The van der Waals surface area contributed by atoms with E-state index in [1.165, 1.54) is 25.7 Å². The second kappa shape index (κ2) is 7.24. The number of hydrogen-bond donors (Lipinski definition) is 0. The molecule has 0 N–H and O–H groups in total. The number of hydrogen-bond acceptors (Lipinski definition) is 4. The second-order valence-corrected chi connectivity index (χ2v) is 10.8. The lowest BCUT2D eigenvalue weighted by Crippen LogP contribution is -2.64. The van der Waals surface area contributed by atoms with Crippen LogP contribution in [-0.2, 0) is 14.6 Å². The lowest BCUT2D eigenvalue weighted by molar-refractivity contribution is -0.124. The van der Waals surface area contributed by atoms with Crippen LogP contribution in [0.3, 0.4) is 0 Å². The molecule has 142 valence electrons. The van der Waals surface area contributed by atoms with Gasteiger partial charge in [0.1, 0.15) is 0 Å². The van der Waals surface area contributed by atoms with Gasteiger partial charge in [-0.25, -0.2) is 8.42 Å². The molecule has 0 unspecified atom stereocenters. The second-order valence-electron chi connectivity index (χ2n) is 7.77. The zero-order chi connectivity index (χ0) is 18.3. The number of piperazine rings is 1. The van der Waals surface area contributed by atoms with Crippen LogP contribution in [0.4, 0.5) is 5.69 Å². The SMILES string of the molecule is O=C1CN(C2CCCCCC2)[C@@H]2CS(=O)(=O)C[C@@H]2N1c1ccc(Br)cc1. The van der Waals surface area contributed by atoms with Gasteiger partial charge in [-0.1, -0.05) is 41.6 Å². The molecule has 5 nitrogen and oxygen atoms in total. The van der Waals surface area contributed by atoms with Gasteiger partial charge in [0.25, 0.3) is 0 Å². The van der Waals surface area contributed by atoms with E-state index in [1.807, 2.05) is 24.3 Å². The third-order valence-electron chi connectivity index (χ3n) is 6.04. The van der Waals surface area contributed by atoms with Gasteiger partial charge in [0, 0.05) is 22.2 Å². The number of carbonyl (C=O) groups is 1. The number of fused-ring (bicyclic) bond motifs is 1. The minimum absolute atomic E-state index is 0.0231. The third-order valence-corrected chi connectivity index (χ3v) is 8.26. The van der Waals surface area contributed by atoms with Gasteiger partial charge in [0.15, 0.2) is 9.84 Å². The third kappa shape index (κ3) is 3.58. The number of carbonyl (C=O) groups excluding carboxylic acids is 1. The number of sulfone groups is 1. The first-order valence-corrected chi connectivity index (χ1v) is 12.1. The maximum absolute atomic E-state index is 13.1. The number of amides is 1. The van der Waals surface area contributed by atoms with E-state index < -0.39 is 9.84 Å². The molecule has 3 aliphatic rings. The monoisotopic (exact) mass is 440 g/mol. The fourth-order valence-corrected chi connectivity index (χ4v) is 7.06. The Morgan fingerprint density at radius 1 is 0.923 bits per heavy atom. The lowest BCUT2D eigenvalue weighted by Gasteiger charge is -2.46. The van der Waals surface area contributed by atoms with Crippen LogP contribution < -0.4 is 4.90 Å². The number of anilines is 1. The first kappa shape index (κ1) is 18.4. The molecule has 26 heavy (non-hydrogen) atoms. The van der Waals surface area contributed by atoms with Crippen molar-refractivity contribution in [2.24, 2.45) is 0 Å². The van der Waals surface area contributed by atoms with Crippen LogP contribution in [0.25, 0.3) is 0 Å². The maximum atomic E-state index is 13.1. The molecule has 1 aromatic rings. The molecule has 4 rings (SSSR count). The van der Waals surface area contributed by atoms with Gasteiger partial charge in [-0.05, 0) is 37.1 Å². The normalized spacial score (nSPS) is 30.2. The van der Waals surface area contributed by atoms with Crippen LogP contribution in [-0.4, -0.2) is 55.4 Å². The Kier molecular flexibility index (Phi) is 5.14. The van der Waals surface area contributed by atoms with Gasteiger partial charge < -0.3 is 4.90 Å². The summed E-state index contributed by atoms with van der Waals surface area (Å²) in [5.41, 5.74) is 0.797. The van der Waals surface area contributed by atoms with Gasteiger partial charge in [-0.3, -0.25) is 9.69 Å². The van der Waals surface area contributed by atoms with Crippen molar-refractivity contribution in [1.29, 1.82) is 0 Å². The lowest BCUT2D eigenvalue weighted by atomic mass is 9.97. The van der Waals surface area contributed by atoms with Crippen molar-refractivity contribution in [2.45, 2.75) is 56.7 Å². The van der Waals surface area contributed by atoms with Crippen molar-refractivity contribution in [3.05, 3.63) is 28.7 Å². The van der Waals surface area contributed by atoms with Crippen LogP contribution >= 0.6 is 15.9 Å². The Morgan fingerprint density at radius 3 is 2.19 bits per heavy atom. The summed E-state index contributed by atoms with van der Waals surface area (Å²) in [7, 11) is -3.13. The summed E-state index contributed by atoms with van der Waals surface area (Å²) in [5.74, 6) is 0.270. The van der Waals surface area contributed by atoms with E-state index in [0.29, 0.717) is 12.6 Å². The summed E-state index contributed by atoms with van der Waals surface area (Å²) < 4.78 is 25.9. The molecule has 0 spiro atoms. The van der Waals surface area contributed by atoms with Crippen LogP contribution in [0.15, 0.2) is 28.7 Å². The zero-order valence-electron chi connectivity index (χ0n) is 14.8. The molecule has 2 heterocycles. The van der Waals surface area contributed by atoms with Crippen molar-refractivity contribution in [2.75, 3.05) is 23.0 Å². The molecule has 0 aromatic heterocycles. The predicted molar refractivity (Wildman–Crippen MR) is 106 cm³/mol. The summed E-state index contributed by atoms with van der Waals surface area (Å²) in [6.07, 6.45) is 7.00. The molecule has 2 saturated heterocycles. The largest absolute Gasteiger partial charge is 0.306 e. The highest BCUT2D eigenvalue weighted by Crippen LogP contribution is 2.35. The van der Waals surface area contributed by atoms with Gasteiger partial charge in [-0.15, -0.1) is 0 Å². The molecular weight excluding hydrogens is 416 g/mol. The topological polar surface area (TPSA) is 57.7 Å². The molecule has 1 saturated carbocycles. The Morgan fingerprint density at radius 2 is 1.54 bits per heavy atom. The van der Waals surface area contributed by atoms with Crippen molar-refractivity contribution in [1.82, 2.24) is 4.90 Å². The molecule has 7 heteroatoms. The van der Waals surface area contributed by atoms with Gasteiger partial charge >= 0.3 is 0 Å². The summed E-state index contributed by atoms with van der Waals surface area (Å²) in [4.78, 5) is 17.0. The minimum Gasteiger partial charge on any atom is -0.306 e. The maximum Gasteiger partial charge on any atom is 0.241 e. The first-order chi connectivity index (χ1) is 12.4. The fraction of sp³-hybridized carbons (Fsp3) is 0.632. The Balaban J connectivity index is 1.66. The van der Waals surface area contributed by atoms with E-state index >= 15 is 0 Å². The molecule has 0 radical (unpaired) electrons. The molecule has 2 atom stereocenters. The summed E-state index contributed by atoms with van der Waals surface area (Å²) >= 11 is 3.42. The van der Waals surface area contributed by atoms with Crippen molar-refractivity contribution >= 4 is 37.4 Å². The number of benzene rings is 1. The van der Waals surface area contributed by atoms with E-state index in [4.69, 9.17) is 0 Å². The summed E-state index contributed by atoms with van der Waals surface area (Å²) in [6, 6.07) is 7.58. The highest BCUT2D eigenvalue weighted by atomic mass is 79.9. The molecule has 1 amide bonds. The predicted octanol–water partition coefficient (Wildman–Crippen LogP) is 2.99. The quantitative estimate of drug-likeness (QED) is 0.663. The average Bonchev–Trinajstić information content (AvgIpc) is 2.76. The Hall–Kier alpha value is -0.920. The molecule has 3 fully saturated rings. The molecule has 0 bridgehead atoms. The van der Waals surface area contributed by atoms with Crippen molar-refractivity contribution in [3.63, 3.8) is 0 Å². The molecule has 1 aliphatic carbocycles. The van der Waals surface area contributed by atoms with Gasteiger partial charge in [0.05, 0.1) is 24.1 Å². The van der Waals surface area contributed by atoms with Crippen LogP contribution in [0.5, 0.6) is 0 Å².